The number of hydrogen-bond acceptors (Lipinski definition) is 7. The Labute approximate surface area is 187 Å². The first-order valence-corrected chi connectivity index (χ1v) is 13.1. The van der Waals surface area contributed by atoms with Crippen LogP contribution in [-0.4, -0.2) is 57.1 Å². The van der Waals surface area contributed by atoms with Crippen molar-refractivity contribution in [3.05, 3.63) is 54.6 Å². The number of para-hydroxylation sites is 1. The zero-order valence-electron chi connectivity index (χ0n) is 17.4. The second-order valence-electron chi connectivity index (χ2n) is 7.65. The first kappa shape index (κ1) is 24.1. The van der Waals surface area contributed by atoms with Crippen LogP contribution in [0.5, 0.6) is 11.5 Å². The fraction of sp³-hybridized carbons (Fsp3) is 0.350. The van der Waals surface area contributed by atoms with Crippen molar-refractivity contribution in [3.63, 3.8) is 0 Å². The van der Waals surface area contributed by atoms with Gasteiger partial charge in [-0.1, -0.05) is 18.2 Å². The molecule has 1 saturated heterocycles. The van der Waals surface area contributed by atoms with E-state index in [1.807, 2.05) is 18.2 Å². The van der Waals surface area contributed by atoms with Crippen LogP contribution in [0.25, 0.3) is 0 Å². The molecule has 1 aliphatic rings. The van der Waals surface area contributed by atoms with Gasteiger partial charge in [-0.25, -0.2) is 31.3 Å². The van der Waals surface area contributed by atoms with E-state index in [0.29, 0.717) is 11.5 Å². The number of benzene rings is 2. The van der Waals surface area contributed by atoms with Gasteiger partial charge >= 0.3 is 0 Å². The first-order valence-electron chi connectivity index (χ1n) is 9.78. The summed E-state index contributed by atoms with van der Waals surface area (Å²) in [6.07, 6.45) is 0.878. The maximum Gasteiger partial charge on any atom is 0.245 e. The predicted molar refractivity (Wildman–Crippen MR) is 116 cm³/mol. The van der Waals surface area contributed by atoms with Gasteiger partial charge in [-0.05, 0) is 49.2 Å². The number of hydrogen-bond donors (Lipinski definition) is 3. The molecule has 1 heterocycles. The fourth-order valence-electron chi connectivity index (χ4n) is 3.56. The van der Waals surface area contributed by atoms with Gasteiger partial charge in [-0.15, -0.1) is 0 Å². The molecule has 10 nitrogen and oxygen atoms in total. The summed E-state index contributed by atoms with van der Waals surface area (Å²) >= 11 is 0. The Morgan fingerprint density at radius 2 is 1.56 bits per heavy atom. The molecule has 0 saturated carbocycles. The highest BCUT2D eigenvalue weighted by atomic mass is 32.2. The van der Waals surface area contributed by atoms with Crippen molar-refractivity contribution in [1.82, 2.24) is 14.5 Å². The summed E-state index contributed by atoms with van der Waals surface area (Å²) in [7, 11) is -7.49. The highest BCUT2D eigenvalue weighted by Gasteiger charge is 2.41. The molecule has 1 amide bonds. The van der Waals surface area contributed by atoms with Crippen LogP contribution in [0.15, 0.2) is 59.5 Å². The number of ether oxygens (including phenoxy) is 1. The molecule has 0 atom stereocenters. The number of sulfonamides is 2. The van der Waals surface area contributed by atoms with Crippen LogP contribution < -0.4 is 14.9 Å². The Bertz CT molecular complexity index is 1140. The summed E-state index contributed by atoms with van der Waals surface area (Å²) in [6, 6.07) is 14.8. The highest BCUT2D eigenvalue weighted by molar-refractivity contribution is 7.89. The van der Waals surface area contributed by atoms with Crippen molar-refractivity contribution < 1.29 is 31.6 Å². The van der Waals surface area contributed by atoms with Gasteiger partial charge in [-0.3, -0.25) is 10.0 Å². The van der Waals surface area contributed by atoms with E-state index >= 15 is 0 Å². The summed E-state index contributed by atoms with van der Waals surface area (Å²) in [5.74, 6) is 0.283. The second-order valence-corrected chi connectivity index (χ2v) is 11.3. The van der Waals surface area contributed by atoms with E-state index in [1.54, 1.807) is 12.1 Å². The van der Waals surface area contributed by atoms with Crippen LogP contribution in [0.3, 0.4) is 0 Å². The Hall–Kier alpha value is -2.51. The predicted octanol–water partition coefficient (Wildman–Crippen LogP) is 1.45. The molecule has 0 spiro atoms. The molecule has 12 heteroatoms. The Morgan fingerprint density at radius 3 is 2.09 bits per heavy atom. The van der Waals surface area contributed by atoms with E-state index in [2.05, 4.69) is 4.72 Å². The van der Waals surface area contributed by atoms with Crippen molar-refractivity contribution >= 4 is 26.0 Å². The molecular formula is C20H25N3O7S2. The van der Waals surface area contributed by atoms with Gasteiger partial charge in [0.15, 0.2) is 0 Å². The minimum atomic E-state index is -4.05. The second kappa shape index (κ2) is 9.55. The highest BCUT2D eigenvalue weighted by Crippen LogP contribution is 2.30. The van der Waals surface area contributed by atoms with Crippen molar-refractivity contribution in [2.75, 3.05) is 19.3 Å². The largest absolute Gasteiger partial charge is 0.457 e. The number of amides is 1. The van der Waals surface area contributed by atoms with Crippen LogP contribution in [0.4, 0.5) is 0 Å². The molecule has 0 aromatic heterocycles. The smallest absolute Gasteiger partial charge is 0.245 e. The van der Waals surface area contributed by atoms with Crippen LogP contribution >= 0.6 is 0 Å². The van der Waals surface area contributed by atoms with Crippen molar-refractivity contribution in [3.8, 4) is 11.5 Å². The minimum absolute atomic E-state index is 0.0350. The lowest BCUT2D eigenvalue weighted by molar-refractivity contribution is -0.130. The molecule has 0 radical (unpaired) electrons. The lowest BCUT2D eigenvalue weighted by Gasteiger charge is -2.40. The molecule has 1 fully saturated rings. The molecule has 2 aromatic rings. The average molecular weight is 484 g/mol. The normalized spacial score (nSPS) is 16.9. The Balaban J connectivity index is 1.78. The zero-order chi connectivity index (χ0) is 23.4. The third-order valence-corrected chi connectivity index (χ3v) is 8.13. The summed E-state index contributed by atoms with van der Waals surface area (Å²) in [4.78, 5) is 11.8. The number of piperidine rings is 1. The number of hydroxylamine groups is 1. The molecule has 0 unspecified atom stereocenters. The van der Waals surface area contributed by atoms with E-state index in [0.717, 1.165) is 6.26 Å². The standard InChI is InChI=1S/C20H25N3O7S2/c1-31(26,27)23-13-11-20(12-14-23,15-19(24)21-25)22-32(28,29)18-9-7-17(8-10-18)30-16-5-3-2-4-6-16/h2-10,22,25H,11-15H2,1H3,(H,21,24). The molecule has 32 heavy (non-hydrogen) atoms. The molecule has 0 bridgehead atoms. The fourth-order valence-corrected chi connectivity index (χ4v) is 5.87. The van der Waals surface area contributed by atoms with Gasteiger partial charge in [0.25, 0.3) is 0 Å². The number of carbonyl (C=O) groups is 1. The molecule has 174 valence electrons. The quantitative estimate of drug-likeness (QED) is 0.381. The van der Waals surface area contributed by atoms with E-state index in [-0.39, 0.29) is 37.2 Å². The monoisotopic (exact) mass is 483 g/mol. The van der Waals surface area contributed by atoms with E-state index < -0.39 is 31.5 Å². The van der Waals surface area contributed by atoms with Crippen molar-refractivity contribution in [2.45, 2.75) is 29.7 Å². The lowest BCUT2D eigenvalue weighted by atomic mass is 9.86. The van der Waals surface area contributed by atoms with Crippen LogP contribution in [0.2, 0.25) is 0 Å². The average Bonchev–Trinajstić information content (AvgIpc) is 2.74. The number of rotatable bonds is 8. The van der Waals surface area contributed by atoms with Crippen LogP contribution in [0, 0.1) is 0 Å². The van der Waals surface area contributed by atoms with E-state index in [9.17, 15) is 21.6 Å². The molecule has 0 aliphatic carbocycles. The third kappa shape index (κ3) is 6.04. The van der Waals surface area contributed by atoms with Gasteiger partial charge in [0.1, 0.15) is 11.5 Å². The third-order valence-electron chi connectivity index (χ3n) is 5.24. The molecular weight excluding hydrogens is 458 g/mol. The Morgan fingerprint density at radius 1 is 1.00 bits per heavy atom. The van der Waals surface area contributed by atoms with Gasteiger partial charge in [0.2, 0.25) is 26.0 Å². The minimum Gasteiger partial charge on any atom is -0.457 e. The summed E-state index contributed by atoms with van der Waals surface area (Å²) in [6.45, 7) is 0.0911. The topological polar surface area (TPSA) is 142 Å². The SMILES string of the molecule is CS(=O)(=O)N1CCC(CC(=O)NO)(NS(=O)(=O)c2ccc(Oc3ccccc3)cc2)CC1. The van der Waals surface area contributed by atoms with Crippen molar-refractivity contribution in [2.24, 2.45) is 0 Å². The molecule has 1 aliphatic heterocycles. The number of nitrogens with zero attached hydrogens (tertiary/aromatic N) is 1. The molecule has 2 aromatic carbocycles. The van der Waals surface area contributed by atoms with E-state index in [4.69, 9.17) is 9.94 Å². The van der Waals surface area contributed by atoms with Gasteiger partial charge in [0, 0.05) is 25.0 Å². The molecule has 3 N–H and O–H groups in total. The zero-order valence-corrected chi connectivity index (χ0v) is 19.0. The summed E-state index contributed by atoms with van der Waals surface area (Å²) in [5, 5.41) is 8.93. The van der Waals surface area contributed by atoms with Gasteiger partial charge < -0.3 is 4.74 Å². The lowest BCUT2D eigenvalue weighted by Crippen LogP contribution is -2.57. The number of nitrogens with one attached hydrogen (secondary N) is 2. The molecule has 3 rings (SSSR count). The van der Waals surface area contributed by atoms with Crippen LogP contribution in [0.1, 0.15) is 19.3 Å². The number of carbonyl (C=O) groups excluding carboxylic acids is 1. The van der Waals surface area contributed by atoms with Crippen LogP contribution in [-0.2, 0) is 24.8 Å². The maximum absolute atomic E-state index is 13.0. The Kier molecular flexibility index (Phi) is 7.20. The summed E-state index contributed by atoms with van der Waals surface area (Å²) < 4.78 is 59.2. The van der Waals surface area contributed by atoms with Crippen molar-refractivity contribution in [1.29, 1.82) is 0 Å². The van der Waals surface area contributed by atoms with Gasteiger partial charge in [-0.2, -0.15) is 0 Å². The van der Waals surface area contributed by atoms with E-state index in [1.165, 1.54) is 34.1 Å². The first-order chi connectivity index (χ1) is 15.0. The summed E-state index contributed by atoms with van der Waals surface area (Å²) in [5.41, 5.74) is 0.269. The van der Waals surface area contributed by atoms with Gasteiger partial charge in [0.05, 0.1) is 11.2 Å². The maximum atomic E-state index is 13.0.